The molecule has 0 fully saturated rings. The Bertz CT molecular complexity index is 705. The molecule has 0 amide bonds. The number of aryl methyl sites for hydroxylation is 2. The van der Waals surface area contributed by atoms with E-state index in [9.17, 15) is 0 Å². The monoisotopic (exact) mass is 546 g/mol. The van der Waals surface area contributed by atoms with Crippen LogP contribution in [0.3, 0.4) is 0 Å². The van der Waals surface area contributed by atoms with E-state index in [4.69, 9.17) is 6.13 Å². The van der Waals surface area contributed by atoms with Gasteiger partial charge in [-0.3, -0.25) is 0 Å². The van der Waals surface area contributed by atoms with Gasteiger partial charge in [0.2, 0.25) is 0 Å². The fraction of sp³-hybridized carbons (Fsp3) is 0.400. The number of benzene rings is 2. The molecule has 0 unspecified atom stereocenters. The molecule has 0 saturated carbocycles. The van der Waals surface area contributed by atoms with Gasteiger partial charge in [-0.15, -0.1) is 0 Å². The van der Waals surface area contributed by atoms with Crippen molar-refractivity contribution in [2.24, 2.45) is 0 Å². The highest BCUT2D eigenvalue weighted by Gasteiger charge is 2.26. The minimum absolute atomic E-state index is 0.977. The minimum atomic E-state index is 0.977. The molecule has 0 spiro atoms. The van der Waals surface area contributed by atoms with E-state index in [1.165, 1.54) is 71.9 Å². The van der Waals surface area contributed by atoms with Gasteiger partial charge < -0.3 is 6.13 Å². The summed E-state index contributed by atoms with van der Waals surface area (Å²) in [6.45, 7) is 0. The van der Waals surface area contributed by atoms with Crippen molar-refractivity contribution in [2.45, 2.75) is 51.4 Å². The van der Waals surface area contributed by atoms with E-state index in [0.717, 1.165) is 24.3 Å². The molecular weight excluding hydrogens is 526 g/mol. The predicted octanol–water partition coefficient (Wildman–Crippen LogP) is 6.57. The maximum Gasteiger partial charge on any atom is 0.192 e. The zero-order valence-electron chi connectivity index (χ0n) is 13.5. The molecule has 126 valence electrons. The molecule has 0 saturated heterocycles. The molecule has 0 heterocycles. The maximum atomic E-state index is 5.77. The first kappa shape index (κ1) is 16.9. The standard InChI is InChI=1S/C20H20I2O2/c21-23-17-11-9-13-5-1-3-7-15(13)19(17)20-16-8-4-2-6-14(16)10-12-18(20)24-22/h9-12H,1-8H2. The van der Waals surface area contributed by atoms with Crippen LogP contribution in [0.1, 0.15) is 47.9 Å². The van der Waals surface area contributed by atoms with E-state index < -0.39 is 0 Å². The fourth-order valence-electron chi connectivity index (χ4n) is 4.29. The second kappa shape index (κ2) is 7.40. The summed E-state index contributed by atoms with van der Waals surface area (Å²) in [6.07, 6.45) is 9.75. The van der Waals surface area contributed by atoms with E-state index >= 15 is 0 Å². The third-order valence-electron chi connectivity index (χ3n) is 5.41. The molecule has 0 atom stereocenters. The zero-order chi connectivity index (χ0) is 16.5. The van der Waals surface area contributed by atoms with Crippen LogP contribution in [0.15, 0.2) is 24.3 Å². The fourth-order valence-corrected chi connectivity index (χ4v) is 5.02. The van der Waals surface area contributed by atoms with E-state index in [1.54, 1.807) is 0 Å². The Morgan fingerprint density at radius 1 is 0.583 bits per heavy atom. The quantitative estimate of drug-likeness (QED) is 0.406. The van der Waals surface area contributed by atoms with E-state index in [0.29, 0.717) is 0 Å². The molecule has 2 nitrogen and oxygen atoms in total. The number of halogens is 2. The third kappa shape index (κ3) is 2.93. The van der Waals surface area contributed by atoms with Gasteiger partial charge in [0.25, 0.3) is 0 Å². The highest BCUT2D eigenvalue weighted by molar-refractivity contribution is 14.1. The van der Waals surface area contributed by atoms with Gasteiger partial charge in [-0.25, -0.2) is 0 Å². The second-order valence-electron chi connectivity index (χ2n) is 6.72. The van der Waals surface area contributed by atoms with Crippen LogP contribution in [-0.2, 0) is 25.7 Å². The van der Waals surface area contributed by atoms with Crippen molar-refractivity contribution in [1.82, 2.24) is 0 Å². The summed E-state index contributed by atoms with van der Waals surface area (Å²) in [5, 5.41) is 0. The molecule has 0 aliphatic heterocycles. The first-order chi connectivity index (χ1) is 11.8. The largest absolute Gasteiger partial charge is 0.427 e. The van der Waals surface area contributed by atoms with Crippen molar-refractivity contribution in [2.75, 3.05) is 0 Å². The normalized spacial score (nSPS) is 16.2. The molecule has 0 bridgehead atoms. The third-order valence-corrected chi connectivity index (χ3v) is 6.35. The van der Waals surface area contributed by atoms with Gasteiger partial charge in [0.15, 0.2) is 46.0 Å². The predicted molar refractivity (Wildman–Crippen MR) is 114 cm³/mol. The van der Waals surface area contributed by atoms with Crippen molar-refractivity contribution < 1.29 is 6.13 Å². The smallest absolute Gasteiger partial charge is 0.192 e. The Hall–Kier alpha value is -0.500. The number of fused-ring (bicyclic) bond motifs is 2. The average molecular weight is 546 g/mol. The Labute approximate surface area is 171 Å². The van der Waals surface area contributed by atoms with Crippen LogP contribution in [0.5, 0.6) is 11.5 Å². The molecule has 24 heavy (non-hydrogen) atoms. The highest BCUT2D eigenvalue weighted by atomic mass is 127. The Balaban J connectivity index is 2.02. The van der Waals surface area contributed by atoms with Crippen molar-refractivity contribution in [3.8, 4) is 22.6 Å². The molecule has 2 aliphatic rings. The van der Waals surface area contributed by atoms with E-state index in [2.05, 4.69) is 24.3 Å². The van der Waals surface area contributed by atoms with Crippen LogP contribution in [0.2, 0.25) is 0 Å². The molecular formula is C20H20I2O2. The van der Waals surface area contributed by atoms with Crippen LogP contribution in [0.25, 0.3) is 11.1 Å². The van der Waals surface area contributed by atoms with E-state index in [-0.39, 0.29) is 0 Å². The molecule has 2 aliphatic carbocycles. The summed E-state index contributed by atoms with van der Waals surface area (Å²) < 4.78 is 11.5. The summed E-state index contributed by atoms with van der Waals surface area (Å²) in [4.78, 5) is 0. The van der Waals surface area contributed by atoms with Crippen LogP contribution in [0, 0.1) is 0 Å². The SMILES string of the molecule is IOc1ccc2c(c1-c1c(OI)ccc3c1CCCC3)CCCC2. The van der Waals surface area contributed by atoms with Crippen molar-refractivity contribution in [3.05, 3.63) is 46.5 Å². The van der Waals surface area contributed by atoms with Crippen molar-refractivity contribution in [3.63, 3.8) is 0 Å². The molecule has 4 heteroatoms. The lowest BCUT2D eigenvalue weighted by Crippen LogP contribution is -2.09. The molecule has 2 aromatic rings. The van der Waals surface area contributed by atoms with E-state index in [1.807, 2.05) is 46.0 Å². The first-order valence-electron chi connectivity index (χ1n) is 8.70. The Morgan fingerprint density at radius 2 is 1.00 bits per heavy atom. The number of hydrogen-bond donors (Lipinski definition) is 0. The summed E-state index contributed by atoms with van der Waals surface area (Å²) in [5.41, 5.74) is 8.50. The van der Waals surface area contributed by atoms with Gasteiger partial charge in [0.05, 0.1) is 0 Å². The average Bonchev–Trinajstić information content (AvgIpc) is 2.66. The minimum Gasteiger partial charge on any atom is -0.427 e. The van der Waals surface area contributed by atoms with Gasteiger partial charge in [0.1, 0.15) is 11.5 Å². The Morgan fingerprint density at radius 3 is 1.42 bits per heavy atom. The molecule has 4 rings (SSSR count). The lowest BCUT2D eigenvalue weighted by atomic mass is 9.80. The van der Waals surface area contributed by atoms with Crippen LogP contribution >= 0.6 is 46.0 Å². The lowest BCUT2D eigenvalue weighted by molar-refractivity contribution is 0.661. The van der Waals surface area contributed by atoms with Crippen LogP contribution in [-0.4, -0.2) is 0 Å². The van der Waals surface area contributed by atoms with Gasteiger partial charge >= 0.3 is 0 Å². The lowest BCUT2D eigenvalue weighted by Gasteiger charge is -2.26. The molecule has 0 radical (unpaired) electrons. The first-order valence-corrected chi connectivity index (χ1v) is 10.5. The second-order valence-corrected chi connectivity index (χ2v) is 7.60. The maximum absolute atomic E-state index is 5.77. The summed E-state index contributed by atoms with van der Waals surface area (Å²) in [5.74, 6) is 1.95. The van der Waals surface area contributed by atoms with Gasteiger partial charge in [-0.1, -0.05) is 12.1 Å². The highest BCUT2D eigenvalue weighted by Crippen LogP contribution is 2.47. The zero-order valence-corrected chi connectivity index (χ0v) is 17.9. The molecule has 0 aromatic heterocycles. The number of rotatable bonds is 3. The topological polar surface area (TPSA) is 18.5 Å². The number of hydrogen-bond acceptors (Lipinski definition) is 2. The van der Waals surface area contributed by atoms with Crippen molar-refractivity contribution in [1.29, 1.82) is 0 Å². The van der Waals surface area contributed by atoms with Crippen LogP contribution in [0.4, 0.5) is 0 Å². The Kier molecular flexibility index (Phi) is 5.22. The summed E-state index contributed by atoms with van der Waals surface area (Å²) >= 11 is 4.03. The van der Waals surface area contributed by atoms with Gasteiger partial charge in [-0.2, -0.15) is 0 Å². The molecule has 0 N–H and O–H groups in total. The van der Waals surface area contributed by atoms with Gasteiger partial charge in [0, 0.05) is 11.1 Å². The van der Waals surface area contributed by atoms with Crippen LogP contribution < -0.4 is 6.13 Å². The summed E-state index contributed by atoms with van der Waals surface area (Å²) in [6, 6.07) is 8.80. The molecule has 2 aromatic carbocycles. The van der Waals surface area contributed by atoms with Crippen molar-refractivity contribution >= 4 is 46.0 Å². The summed E-state index contributed by atoms with van der Waals surface area (Å²) in [7, 11) is 0. The van der Waals surface area contributed by atoms with Gasteiger partial charge in [-0.05, 0) is 85.8 Å².